The zero-order chi connectivity index (χ0) is 11.4. The van der Waals surface area contributed by atoms with E-state index in [0.29, 0.717) is 6.54 Å². The summed E-state index contributed by atoms with van der Waals surface area (Å²) in [7, 11) is 1.59. The van der Waals surface area contributed by atoms with Gasteiger partial charge in [-0.25, -0.2) is 0 Å². The average Bonchev–Trinajstić information content (AvgIpc) is 2.27. The summed E-state index contributed by atoms with van der Waals surface area (Å²) in [5.41, 5.74) is 5.55. The van der Waals surface area contributed by atoms with E-state index in [4.69, 9.17) is 5.73 Å². The molecule has 0 radical (unpaired) electrons. The van der Waals surface area contributed by atoms with Gasteiger partial charge in [-0.15, -0.1) is 12.4 Å². The Balaban J connectivity index is 0.00000225. The van der Waals surface area contributed by atoms with E-state index in [1.54, 1.807) is 18.9 Å². The molecule has 0 bridgehead atoms. The second-order valence-corrected chi connectivity index (χ2v) is 3.95. The number of nitrogens with zero attached hydrogens (tertiary/aromatic N) is 1. The van der Waals surface area contributed by atoms with Crippen LogP contribution >= 0.6 is 12.4 Å². The topological polar surface area (TPSA) is 75.4 Å². The maximum atomic E-state index is 11.7. The monoisotopic (exact) mass is 249 g/mol. The molecule has 0 aromatic carbocycles. The van der Waals surface area contributed by atoms with Crippen LogP contribution in [-0.2, 0) is 9.59 Å². The number of amides is 2. The maximum Gasteiger partial charge on any atom is 0.242 e. The van der Waals surface area contributed by atoms with E-state index in [1.807, 2.05) is 0 Å². The molecule has 1 aliphatic heterocycles. The molecule has 6 heteroatoms. The van der Waals surface area contributed by atoms with Gasteiger partial charge in [-0.05, 0) is 26.2 Å². The molecule has 1 rings (SSSR count). The number of carbonyl (C=O) groups excluding carboxylic acids is 2. The molecule has 5 nitrogen and oxygen atoms in total. The molecule has 2 atom stereocenters. The van der Waals surface area contributed by atoms with E-state index >= 15 is 0 Å². The number of likely N-dealkylation sites (N-methyl/N-ethyl adjacent to an activating group) is 1. The predicted molar refractivity (Wildman–Crippen MR) is 64.3 cm³/mol. The number of nitrogens with one attached hydrogen (secondary N) is 1. The molecule has 0 aromatic rings. The van der Waals surface area contributed by atoms with Crippen molar-refractivity contribution >= 4 is 24.2 Å². The summed E-state index contributed by atoms with van der Waals surface area (Å²) in [5.74, 6) is -0.230. The van der Waals surface area contributed by atoms with Gasteiger partial charge in [0.1, 0.15) is 6.04 Å². The first-order valence-corrected chi connectivity index (χ1v) is 5.35. The Morgan fingerprint density at radius 1 is 1.44 bits per heavy atom. The van der Waals surface area contributed by atoms with Gasteiger partial charge in [-0.1, -0.05) is 0 Å². The van der Waals surface area contributed by atoms with Gasteiger partial charge in [0.15, 0.2) is 0 Å². The van der Waals surface area contributed by atoms with Crippen LogP contribution in [0.2, 0.25) is 0 Å². The fourth-order valence-electron chi connectivity index (χ4n) is 1.90. The molecule has 0 saturated carbocycles. The summed E-state index contributed by atoms with van der Waals surface area (Å²) in [6.45, 7) is 2.29. The van der Waals surface area contributed by atoms with E-state index in [9.17, 15) is 9.59 Å². The number of halogens is 1. The molecule has 94 valence electrons. The number of nitrogens with two attached hydrogens (primary N) is 1. The Morgan fingerprint density at radius 3 is 2.56 bits per heavy atom. The van der Waals surface area contributed by atoms with Crippen molar-refractivity contribution in [2.24, 2.45) is 5.73 Å². The van der Waals surface area contributed by atoms with Gasteiger partial charge in [-0.2, -0.15) is 0 Å². The Labute approximate surface area is 102 Å². The van der Waals surface area contributed by atoms with Gasteiger partial charge in [-0.3, -0.25) is 9.59 Å². The van der Waals surface area contributed by atoms with Crippen LogP contribution in [0.3, 0.4) is 0 Å². The number of likely N-dealkylation sites (tertiary alicyclic amines) is 1. The van der Waals surface area contributed by atoms with E-state index in [-0.39, 0.29) is 30.3 Å². The zero-order valence-electron chi connectivity index (χ0n) is 9.73. The van der Waals surface area contributed by atoms with Crippen molar-refractivity contribution in [1.82, 2.24) is 10.2 Å². The van der Waals surface area contributed by atoms with Gasteiger partial charge in [0.2, 0.25) is 11.8 Å². The molecule has 0 spiro atoms. The molecule has 16 heavy (non-hydrogen) atoms. The molecule has 1 fully saturated rings. The molecule has 1 aliphatic rings. The van der Waals surface area contributed by atoms with Gasteiger partial charge < -0.3 is 16.0 Å². The fraction of sp³-hybridized carbons (Fsp3) is 0.800. The van der Waals surface area contributed by atoms with Crippen molar-refractivity contribution in [3.8, 4) is 0 Å². The van der Waals surface area contributed by atoms with Gasteiger partial charge in [0.05, 0.1) is 6.04 Å². The summed E-state index contributed by atoms with van der Waals surface area (Å²) < 4.78 is 0. The lowest BCUT2D eigenvalue weighted by atomic mass is 10.0. The molecule has 2 unspecified atom stereocenters. The number of piperidine rings is 1. The third-order valence-electron chi connectivity index (χ3n) is 2.72. The fourth-order valence-corrected chi connectivity index (χ4v) is 1.90. The Hall–Kier alpha value is -0.810. The number of hydrogen-bond acceptors (Lipinski definition) is 3. The lowest BCUT2D eigenvalue weighted by molar-refractivity contribution is -0.142. The predicted octanol–water partition coefficient (Wildman–Crippen LogP) is -0.118. The first-order valence-electron chi connectivity index (χ1n) is 5.35. The van der Waals surface area contributed by atoms with E-state index in [1.165, 1.54) is 0 Å². The Bertz CT molecular complexity index is 258. The highest BCUT2D eigenvalue weighted by Gasteiger charge is 2.32. The Kier molecular flexibility index (Phi) is 6.36. The summed E-state index contributed by atoms with van der Waals surface area (Å²) in [6.07, 6.45) is 2.67. The highest BCUT2D eigenvalue weighted by atomic mass is 35.5. The SMILES string of the molecule is CNC(=O)C1CCCCN1C(=O)C(C)N.Cl. The average molecular weight is 250 g/mol. The van der Waals surface area contributed by atoms with E-state index in [2.05, 4.69) is 5.32 Å². The summed E-state index contributed by atoms with van der Waals surface area (Å²) in [4.78, 5) is 24.9. The summed E-state index contributed by atoms with van der Waals surface area (Å²) in [6, 6.07) is -0.863. The second-order valence-electron chi connectivity index (χ2n) is 3.95. The van der Waals surface area contributed by atoms with Crippen LogP contribution in [0.4, 0.5) is 0 Å². The van der Waals surface area contributed by atoms with Crippen molar-refractivity contribution in [1.29, 1.82) is 0 Å². The van der Waals surface area contributed by atoms with Crippen LogP contribution in [0, 0.1) is 0 Å². The van der Waals surface area contributed by atoms with Crippen LogP contribution < -0.4 is 11.1 Å². The van der Waals surface area contributed by atoms with Gasteiger partial charge in [0.25, 0.3) is 0 Å². The Morgan fingerprint density at radius 2 is 2.06 bits per heavy atom. The van der Waals surface area contributed by atoms with Crippen molar-refractivity contribution in [2.45, 2.75) is 38.3 Å². The first kappa shape index (κ1) is 15.2. The van der Waals surface area contributed by atoms with Gasteiger partial charge >= 0.3 is 0 Å². The van der Waals surface area contributed by atoms with Crippen LogP contribution in [0.25, 0.3) is 0 Å². The number of carbonyl (C=O) groups is 2. The minimum absolute atomic E-state index is 0. The highest BCUT2D eigenvalue weighted by Crippen LogP contribution is 2.17. The summed E-state index contributed by atoms with van der Waals surface area (Å²) in [5, 5.41) is 2.58. The third-order valence-corrected chi connectivity index (χ3v) is 2.72. The number of hydrogen-bond donors (Lipinski definition) is 2. The standard InChI is InChI=1S/C10H19N3O2.ClH/c1-7(11)10(15)13-6-4-3-5-8(13)9(14)12-2;/h7-8H,3-6,11H2,1-2H3,(H,12,14);1H. The maximum absolute atomic E-state index is 11.7. The lowest BCUT2D eigenvalue weighted by Gasteiger charge is -2.35. The molecule has 1 heterocycles. The van der Waals surface area contributed by atoms with Crippen molar-refractivity contribution in [3.05, 3.63) is 0 Å². The smallest absolute Gasteiger partial charge is 0.242 e. The normalized spacial score (nSPS) is 21.9. The highest BCUT2D eigenvalue weighted by molar-refractivity contribution is 5.89. The number of rotatable bonds is 2. The lowest BCUT2D eigenvalue weighted by Crippen LogP contribution is -2.55. The first-order chi connectivity index (χ1) is 7.07. The molecular weight excluding hydrogens is 230 g/mol. The van der Waals surface area contributed by atoms with Crippen LogP contribution in [0.15, 0.2) is 0 Å². The van der Waals surface area contributed by atoms with E-state index in [0.717, 1.165) is 19.3 Å². The zero-order valence-corrected chi connectivity index (χ0v) is 10.5. The molecular formula is C10H20ClN3O2. The van der Waals surface area contributed by atoms with Crippen LogP contribution in [-0.4, -0.2) is 42.4 Å². The van der Waals surface area contributed by atoms with Gasteiger partial charge in [0, 0.05) is 13.6 Å². The molecule has 3 N–H and O–H groups in total. The van der Waals surface area contributed by atoms with Crippen molar-refractivity contribution in [2.75, 3.05) is 13.6 Å². The minimum atomic E-state index is -0.532. The largest absolute Gasteiger partial charge is 0.357 e. The van der Waals surface area contributed by atoms with Crippen LogP contribution in [0.5, 0.6) is 0 Å². The molecule has 0 aromatic heterocycles. The molecule has 1 saturated heterocycles. The van der Waals surface area contributed by atoms with E-state index < -0.39 is 6.04 Å². The quantitative estimate of drug-likeness (QED) is 0.717. The molecule has 2 amide bonds. The third kappa shape index (κ3) is 3.35. The second kappa shape index (κ2) is 6.70. The van der Waals surface area contributed by atoms with Crippen LogP contribution in [0.1, 0.15) is 26.2 Å². The van der Waals surface area contributed by atoms with Crippen molar-refractivity contribution in [3.63, 3.8) is 0 Å². The van der Waals surface area contributed by atoms with Crippen molar-refractivity contribution < 1.29 is 9.59 Å². The molecule has 0 aliphatic carbocycles. The summed E-state index contributed by atoms with van der Waals surface area (Å²) >= 11 is 0. The minimum Gasteiger partial charge on any atom is -0.357 e.